The average Bonchev–Trinajstić information content (AvgIpc) is 3.01. The number of aromatic nitrogens is 6. The molecule has 9 heteroatoms. The van der Waals surface area contributed by atoms with Gasteiger partial charge in [0.2, 0.25) is 0 Å². The first-order valence-electron chi connectivity index (χ1n) is 9.43. The maximum absolute atomic E-state index is 12.2. The van der Waals surface area contributed by atoms with Gasteiger partial charge in [-0.1, -0.05) is 20.8 Å². The summed E-state index contributed by atoms with van der Waals surface area (Å²) in [5.41, 5.74) is 1.35. The van der Waals surface area contributed by atoms with Crippen LogP contribution >= 0.6 is 0 Å². The van der Waals surface area contributed by atoms with E-state index in [2.05, 4.69) is 52.9 Å². The largest absolute Gasteiger partial charge is 0.352 e. The number of aryl methyl sites for hydroxylation is 1. The van der Waals surface area contributed by atoms with Gasteiger partial charge in [0.15, 0.2) is 11.5 Å². The minimum Gasteiger partial charge on any atom is -0.352 e. The van der Waals surface area contributed by atoms with Crippen LogP contribution < -0.4 is 10.5 Å². The fraction of sp³-hybridized carbons (Fsp3) is 0.526. The Morgan fingerprint density at radius 2 is 1.93 bits per heavy atom. The van der Waals surface area contributed by atoms with Gasteiger partial charge in [0.25, 0.3) is 5.56 Å². The standard InChI is InChI=1S/C19H26N8O/c1-19(2,3)18-22-21-15-6-7-16(23-27(15)18)26-11-14(12-26)24(4)10-13-8-9-20-25(5)17(13)28/h6-9,14H,10-12H2,1-5H3. The summed E-state index contributed by atoms with van der Waals surface area (Å²) in [6.07, 6.45) is 1.67. The second-order valence-corrected chi connectivity index (χ2v) is 8.49. The van der Waals surface area contributed by atoms with Gasteiger partial charge in [-0.05, 0) is 25.2 Å². The van der Waals surface area contributed by atoms with Crippen LogP contribution in [0.5, 0.6) is 0 Å². The van der Waals surface area contributed by atoms with Crippen molar-refractivity contribution in [1.82, 2.24) is 34.5 Å². The van der Waals surface area contributed by atoms with Gasteiger partial charge in [0.1, 0.15) is 5.82 Å². The molecule has 0 amide bonds. The van der Waals surface area contributed by atoms with Crippen molar-refractivity contribution >= 4 is 11.5 Å². The van der Waals surface area contributed by atoms with E-state index in [1.165, 1.54) is 4.68 Å². The SMILES string of the molecule is CN(Cc1ccnn(C)c1=O)C1CN(c2ccc3nnc(C(C)(C)C)n3n2)C1. The van der Waals surface area contributed by atoms with Crippen LogP contribution in [0.2, 0.25) is 0 Å². The summed E-state index contributed by atoms with van der Waals surface area (Å²) in [6, 6.07) is 6.12. The predicted molar refractivity (Wildman–Crippen MR) is 106 cm³/mol. The zero-order chi connectivity index (χ0) is 20.1. The Labute approximate surface area is 163 Å². The van der Waals surface area contributed by atoms with Crippen molar-refractivity contribution in [3.8, 4) is 0 Å². The zero-order valence-electron chi connectivity index (χ0n) is 17.0. The molecule has 148 valence electrons. The van der Waals surface area contributed by atoms with E-state index in [1.807, 2.05) is 16.6 Å². The number of fused-ring (bicyclic) bond motifs is 1. The maximum Gasteiger partial charge on any atom is 0.270 e. The number of rotatable bonds is 4. The van der Waals surface area contributed by atoms with Crippen molar-refractivity contribution in [1.29, 1.82) is 0 Å². The maximum atomic E-state index is 12.2. The van der Waals surface area contributed by atoms with Crippen LogP contribution in [0.4, 0.5) is 5.82 Å². The van der Waals surface area contributed by atoms with Gasteiger partial charge in [-0.25, -0.2) is 4.68 Å². The van der Waals surface area contributed by atoms with Gasteiger partial charge < -0.3 is 4.90 Å². The first-order valence-corrected chi connectivity index (χ1v) is 9.43. The fourth-order valence-corrected chi connectivity index (χ4v) is 3.41. The molecule has 1 saturated heterocycles. The molecule has 4 heterocycles. The van der Waals surface area contributed by atoms with Crippen LogP contribution in [-0.2, 0) is 19.0 Å². The van der Waals surface area contributed by atoms with Gasteiger partial charge in [-0.2, -0.15) is 9.61 Å². The van der Waals surface area contributed by atoms with Crippen LogP contribution in [0.1, 0.15) is 32.2 Å². The van der Waals surface area contributed by atoms with Gasteiger partial charge in [-0.3, -0.25) is 9.69 Å². The smallest absolute Gasteiger partial charge is 0.270 e. The normalized spacial score (nSPS) is 15.4. The highest BCUT2D eigenvalue weighted by Gasteiger charge is 2.32. The molecule has 0 aromatic carbocycles. The minimum absolute atomic E-state index is 0.0417. The summed E-state index contributed by atoms with van der Waals surface area (Å²) in [5.74, 6) is 1.77. The molecule has 3 aromatic rings. The van der Waals surface area contributed by atoms with Crippen molar-refractivity contribution in [2.75, 3.05) is 25.0 Å². The molecule has 0 aliphatic carbocycles. The summed E-state index contributed by atoms with van der Waals surface area (Å²) >= 11 is 0. The molecule has 0 spiro atoms. The molecule has 0 bridgehead atoms. The molecule has 0 radical (unpaired) electrons. The van der Waals surface area contributed by atoms with Crippen molar-refractivity contribution in [3.05, 3.63) is 46.1 Å². The summed E-state index contributed by atoms with van der Waals surface area (Å²) < 4.78 is 3.22. The van der Waals surface area contributed by atoms with Crippen LogP contribution in [0.15, 0.2) is 29.2 Å². The van der Waals surface area contributed by atoms with Crippen LogP contribution in [0.3, 0.4) is 0 Å². The lowest BCUT2D eigenvalue weighted by Gasteiger charge is -2.44. The summed E-state index contributed by atoms with van der Waals surface area (Å²) in [4.78, 5) is 16.6. The predicted octanol–water partition coefficient (Wildman–Crippen LogP) is 0.836. The zero-order valence-corrected chi connectivity index (χ0v) is 17.0. The van der Waals surface area contributed by atoms with Gasteiger partial charge in [0.05, 0.1) is 0 Å². The third-order valence-electron chi connectivity index (χ3n) is 5.23. The summed E-state index contributed by atoms with van der Waals surface area (Å²) in [6.45, 7) is 8.67. The number of likely N-dealkylation sites (N-methyl/N-ethyl adjacent to an activating group) is 1. The van der Waals surface area contributed by atoms with E-state index >= 15 is 0 Å². The molecule has 1 fully saturated rings. The number of hydrogen-bond donors (Lipinski definition) is 0. The molecule has 0 N–H and O–H groups in total. The van der Waals surface area contributed by atoms with Gasteiger partial charge in [-0.15, -0.1) is 15.3 Å². The Bertz CT molecular complexity index is 1060. The van der Waals surface area contributed by atoms with Crippen LogP contribution in [0, 0.1) is 0 Å². The lowest BCUT2D eigenvalue weighted by molar-refractivity contribution is 0.195. The lowest BCUT2D eigenvalue weighted by Crippen LogP contribution is -2.58. The quantitative estimate of drug-likeness (QED) is 0.661. The monoisotopic (exact) mass is 382 g/mol. The van der Waals surface area contributed by atoms with E-state index in [1.54, 1.807) is 19.3 Å². The van der Waals surface area contributed by atoms with Crippen molar-refractivity contribution in [2.45, 2.75) is 38.8 Å². The molecule has 0 atom stereocenters. The highest BCUT2D eigenvalue weighted by molar-refractivity contribution is 5.48. The number of hydrogen-bond acceptors (Lipinski definition) is 7. The third kappa shape index (κ3) is 3.26. The van der Waals surface area contributed by atoms with Gasteiger partial charge in [0, 0.05) is 49.9 Å². The van der Waals surface area contributed by atoms with E-state index in [4.69, 9.17) is 5.10 Å². The first-order chi connectivity index (χ1) is 13.2. The van der Waals surface area contributed by atoms with E-state index in [0.717, 1.165) is 35.9 Å². The lowest BCUT2D eigenvalue weighted by atomic mass is 9.96. The molecule has 0 saturated carbocycles. The second kappa shape index (κ2) is 6.66. The Balaban J connectivity index is 1.46. The van der Waals surface area contributed by atoms with Gasteiger partial charge >= 0.3 is 0 Å². The Kier molecular flexibility index (Phi) is 4.41. The highest BCUT2D eigenvalue weighted by Crippen LogP contribution is 2.25. The first kappa shape index (κ1) is 18.5. The fourth-order valence-electron chi connectivity index (χ4n) is 3.41. The van der Waals surface area contributed by atoms with Crippen molar-refractivity contribution in [3.63, 3.8) is 0 Å². The van der Waals surface area contributed by atoms with E-state index in [0.29, 0.717) is 12.6 Å². The molecule has 1 aliphatic heterocycles. The molecular weight excluding hydrogens is 356 g/mol. The van der Waals surface area contributed by atoms with Crippen molar-refractivity contribution < 1.29 is 0 Å². The third-order valence-corrected chi connectivity index (χ3v) is 5.23. The summed E-state index contributed by atoms with van der Waals surface area (Å²) in [7, 11) is 3.73. The molecule has 28 heavy (non-hydrogen) atoms. The molecule has 9 nitrogen and oxygen atoms in total. The number of nitrogens with zero attached hydrogens (tertiary/aromatic N) is 8. The number of anilines is 1. The minimum atomic E-state index is -0.126. The summed E-state index contributed by atoms with van der Waals surface area (Å²) in [5, 5.41) is 17.3. The second-order valence-electron chi connectivity index (χ2n) is 8.49. The van der Waals surface area contributed by atoms with Crippen molar-refractivity contribution in [2.24, 2.45) is 7.05 Å². The Morgan fingerprint density at radius 3 is 2.64 bits per heavy atom. The highest BCUT2D eigenvalue weighted by atomic mass is 16.1. The molecular formula is C19H26N8O. The average molecular weight is 382 g/mol. The Morgan fingerprint density at radius 1 is 1.18 bits per heavy atom. The van der Waals surface area contributed by atoms with Crippen LogP contribution in [-0.4, -0.2) is 60.7 Å². The molecule has 4 rings (SSSR count). The van der Waals surface area contributed by atoms with E-state index < -0.39 is 0 Å². The van der Waals surface area contributed by atoms with E-state index in [9.17, 15) is 4.79 Å². The molecule has 1 aliphatic rings. The topological polar surface area (TPSA) is 84.5 Å². The Hall–Kier alpha value is -2.81. The molecule has 3 aromatic heterocycles. The molecule has 0 unspecified atom stereocenters. The van der Waals surface area contributed by atoms with E-state index in [-0.39, 0.29) is 11.0 Å². The van der Waals surface area contributed by atoms with Crippen LogP contribution in [0.25, 0.3) is 5.65 Å².